The maximum atomic E-state index is 12.1. The average Bonchev–Trinajstić information content (AvgIpc) is 2.71. The van der Waals surface area contributed by atoms with Crippen molar-refractivity contribution in [3.05, 3.63) is 59.7 Å². The number of amides is 2. The number of sulfonamides is 1. The Hall–Kier alpha value is -3.38. The van der Waals surface area contributed by atoms with Crippen molar-refractivity contribution in [3.63, 3.8) is 0 Å². The lowest BCUT2D eigenvalue weighted by atomic mass is 10.2. The SMILES string of the molecule is Cc1ccc(S(=O)(=O)NCC(=O)OCC(=O)NC(=O)c2ccc(OC(F)F)cc2)cc1. The molecule has 166 valence electrons. The van der Waals surface area contributed by atoms with Gasteiger partial charge in [0.15, 0.2) is 6.61 Å². The second-order valence-corrected chi connectivity index (χ2v) is 7.85. The summed E-state index contributed by atoms with van der Waals surface area (Å²) in [7, 11) is -3.94. The Labute approximate surface area is 176 Å². The quantitative estimate of drug-likeness (QED) is 0.546. The Kier molecular flexibility index (Phi) is 8.16. The zero-order valence-corrected chi connectivity index (χ0v) is 16.9. The predicted molar refractivity (Wildman–Crippen MR) is 103 cm³/mol. The number of benzene rings is 2. The zero-order valence-electron chi connectivity index (χ0n) is 16.1. The molecule has 0 unspecified atom stereocenters. The van der Waals surface area contributed by atoms with Crippen LogP contribution in [0.4, 0.5) is 8.78 Å². The number of imide groups is 1. The summed E-state index contributed by atoms with van der Waals surface area (Å²) in [5.74, 6) is -3.02. The van der Waals surface area contributed by atoms with E-state index < -0.39 is 47.6 Å². The smallest absolute Gasteiger partial charge is 0.387 e. The molecule has 0 aliphatic rings. The fourth-order valence-electron chi connectivity index (χ4n) is 2.17. The van der Waals surface area contributed by atoms with E-state index >= 15 is 0 Å². The first-order chi connectivity index (χ1) is 14.6. The van der Waals surface area contributed by atoms with Crippen LogP contribution in [0, 0.1) is 6.92 Å². The summed E-state index contributed by atoms with van der Waals surface area (Å²) in [6, 6.07) is 10.5. The number of nitrogens with one attached hydrogen (secondary N) is 2. The first kappa shape index (κ1) is 23.9. The summed E-state index contributed by atoms with van der Waals surface area (Å²) in [5, 5.41) is 1.93. The van der Waals surface area contributed by atoms with Crippen molar-refractivity contribution in [2.75, 3.05) is 13.2 Å². The van der Waals surface area contributed by atoms with E-state index in [4.69, 9.17) is 0 Å². The number of halogens is 2. The molecule has 31 heavy (non-hydrogen) atoms. The summed E-state index contributed by atoms with van der Waals surface area (Å²) >= 11 is 0. The van der Waals surface area contributed by atoms with Crippen molar-refractivity contribution >= 4 is 27.8 Å². The van der Waals surface area contributed by atoms with Gasteiger partial charge in [-0.25, -0.2) is 8.42 Å². The molecule has 0 atom stereocenters. The normalized spacial score (nSPS) is 11.1. The molecule has 0 saturated carbocycles. The van der Waals surface area contributed by atoms with Crippen LogP contribution in [0.25, 0.3) is 0 Å². The molecular formula is C19H18F2N2O7S. The topological polar surface area (TPSA) is 128 Å². The highest BCUT2D eigenvalue weighted by molar-refractivity contribution is 7.89. The molecule has 9 nitrogen and oxygen atoms in total. The Morgan fingerprint density at radius 2 is 1.61 bits per heavy atom. The third-order valence-electron chi connectivity index (χ3n) is 3.70. The molecule has 0 heterocycles. The van der Waals surface area contributed by atoms with E-state index in [1.165, 1.54) is 12.1 Å². The van der Waals surface area contributed by atoms with Gasteiger partial charge in [0, 0.05) is 5.56 Å². The summed E-state index contributed by atoms with van der Waals surface area (Å²) in [5.41, 5.74) is 0.837. The number of aryl methyl sites for hydroxylation is 1. The molecule has 2 aromatic rings. The second-order valence-electron chi connectivity index (χ2n) is 6.08. The number of rotatable bonds is 9. The molecule has 0 aromatic heterocycles. The molecule has 0 spiro atoms. The largest absolute Gasteiger partial charge is 0.455 e. The fourth-order valence-corrected chi connectivity index (χ4v) is 3.14. The number of ether oxygens (including phenoxy) is 2. The minimum atomic E-state index is -3.94. The van der Waals surface area contributed by atoms with Crippen LogP contribution < -0.4 is 14.8 Å². The monoisotopic (exact) mass is 456 g/mol. The third-order valence-corrected chi connectivity index (χ3v) is 5.11. The molecule has 0 bridgehead atoms. The fraction of sp³-hybridized carbons (Fsp3) is 0.211. The molecule has 0 aliphatic heterocycles. The minimum absolute atomic E-state index is 0.0212. The van der Waals surface area contributed by atoms with Crippen LogP contribution in [-0.4, -0.2) is 46.0 Å². The van der Waals surface area contributed by atoms with Gasteiger partial charge < -0.3 is 9.47 Å². The number of hydrogen-bond acceptors (Lipinski definition) is 7. The van der Waals surface area contributed by atoms with E-state index in [0.29, 0.717) is 0 Å². The molecular weight excluding hydrogens is 438 g/mol. The lowest BCUT2D eigenvalue weighted by Gasteiger charge is -2.08. The van der Waals surface area contributed by atoms with Gasteiger partial charge in [0.2, 0.25) is 10.0 Å². The summed E-state index contributed by atoms with van der Waals surface area (Å²) < 4.78 is 59.1. The molecule has 0 aliphatic carbocycles. The lowest BCUT2D eigenvalue weighted by molar-refractivity contribution is -0.147. The Morgan fingerprint density at radius 3 is 2.19 bits per heavy atom. The highest BCUT2D eigenvalue weighted by Crippen LogP contribution is 2.14. The molecule has 2 N–H and O–H groups in total. The van der Waals surface area contributed by atoms with E-state index in [2.05, 4.69) is 9.47 Å². The van der Waals surface area contributed by atoms with Crippen LogP contribution >= 0.6 is 0 Å². The van der Waals surface area contributed by atoms with Crippen LogP contribution in [0.1, 0.15) is 15.9 Å². The van der Waals surface area contributed by atoms with Crippen molar-refractivity contribution in [1.29, 1.82) is 0 Å². The average molecular weight is 456 g/mol. The van der Waals surface area contributed by atoms with Crippen LogP contribution in [0.5, 0.6) is 5.75 Å². The second kappa shape index (κ2) is 10.6. The number of alkyl halides is 2. The van der Waals surface area contributed by atoms with Crippen molar-refractivity contribution in [2.24, 2.45) is 0 Å². The van der Waals surface area contributed by atoms with Gasteiger partial charge in [0.25, 0.3) is 11.8 Å². The van der Waals surface area contributed by atoms with Gasteiger partial charge in [0.05, 0.1) is 4.90 Å². The number of esters is 1. The van der Waals surface area contributed by atoms with Crippen LogP contribution in [0.3, 0.4) is 0 Å². The molecule has 2 aromatic carbocycles. The third kappa shape index (κ3) is 7.75. The standard InChI is InChI=1S/C19H18F2N2O7S/c1-12-2-8-15(9-3-12)31(27,28)22-10-17(25)29-11-16(24)23-18(26)13-4-6-14(7-5-13)30-19(20)21/h2-9,19,22H,10-11H2,1H3,(H,23,24,26). The lowest BCUT2D eigenvalue weighted by Crippen LogP contribution is -2.36. The minimum Gasteiger partial charge on any atom is -0.455 e. The van der Waals surface area contributed by atoms with Gasteiger partial charge in [-0.1, -0.05) is 17.7 Å². The maximum Gasteiger partial charge on any atom is 0.387 e. The van der Waals surface area contributed by atoms with E-state index in [1.54, 1.807) is 19.1 Å². The van der Waals surface area contributed by atoms with Gasteiger partial charge in [-0.15, -0.1) is 0 Å². The van der Waals surface area contributed by atoms with Gasteiger partial charge in [-0.3, -0.25) is 19.7 Å². The van der Waals surface area contributed by atoms with E-state index in [-0.39, 0.29) is 16.2 Å². The van der Waals surface area contributed by atoms with Crippen LogP contribution in [0.2, 0.25) is 0 Å². The van der Waals surface area contributed by atoms with Gasteiger partial charge in [-0.05, 0) is 43.3 Å². The summed E-state index contributed by atoms with van der Waals surface area (Å²) in [6.45, 7) is -2.78. The van der Waals surface area contributed by atoms with Gasteiger partial charge >= 0.3 is 12.6 Å². The van der Waals surface area contributed by atoms with Crippen molar-refractivity contribution < 1.29 is 41.1 Å². The molecule has 0 fully saturated rings. The van der Waals surface area contributed by atoms with E-state index in [1.807, 2.05) is 10.0 Å². The van der Waals surface area contributed by atoms with Crippen molar-refractivity contribution in [1.82, 2.24) is 10.0 Å². The highest BCUT2D eigenvalue weighted by atomic mass is 32.2. The van der Waals surface area contributed by atoms with Crippen LogP contribution in [-0.2, 0) is 24.3 Å². The van der Waals surface area contributed by atoms with Crippen molar-refractivity contribution in [2.45, 2.75) is 18.4 Å². The molecule has 2 rings (SSSR count). The number of hydrogen-bond donors (Lipinski definition) is 2. The highest BCUT2D eigenvalue weighted by Gasteiger charge is 2.17. The van der Waals surface area contributed by atoms with E-state index in [0.717, 1.165) is 29.8 Å². The number of carbonyl (C=O) groups is 3. The zero-order chi connectivity index (χ0) is 23.0. The van der Waals surface area contributed by atoms with Gasteiger partial charge in [0.1, 0.15) is 12.3 Å². The van der Waals surface area contributed by atoms with Crippen LogP contribution in [0.15, 0.2) is 53.4 Å². The maximum absolute atomic E-state index is 12.1. The molecule has 0 radical (unpaired) electrons. The summed E-state index contributed by atoms with van der Waals surface area (Å²) in [4.78, 5) is 35.3. The van der Waals surface area contributed by atoms with E-state index in [9.17, 15) is 31.6 Å². The number of carbonyl (C=O) groups excluding carboxylic acids is 3. The predicted octanol–water partition coefficient (Wildman–Crippen LogP) is 1.37. The van der Waals surface area contributed by atoms with Crippen molar-refractivity contribution in [3.8, 4) is 5.75 Å². The molecule has 0 saturated heterocycles. The summed E-state index contributed by atoms with van der Waals surface area (Å²) in [6.07, 6.45) is 0. The Bertz CT molecular complexity index is 1040. The Balaban J connectivity index is 1.78. The molecule has 12 heteroatoms. The Morgan fingerprint density at radius 1 is 1.00 bits per heavy atom. The molecule has 2 amide bonds. The van der Waals surface area contributed by atoms with Gasteiger partial charge in [-0.2, -0.15) is 13.5 Å². The first-order valence-corrected chi connectivity index (χ1v) is 10.2. The first-order valence-electron chi connectivity index (χ1n) is 8.68.